The summed E-state index contributed by atoms with van der Waals surface area (Å²) in [5, 5.41) is 8.82. The lowest BCUT2D eigenvalue weighted by Crippen LogP contribution is -2.50. The highest BCUT2D eigenvalue weighted by Crippen LogP contribution is 2.29. The number of ether oxygens (including phenoxy) is 2. The number of nitrogens with one attached hydrogen (secondary N) is 5. The average Bonchev–Trinajstić information content (AvgIpc) is 3.55. The van der Waals surface area contributed by atoms with Crippen LogP contribution in [-0.4, -0.2) is 98.8 Å². The highest BCUT2D eigenvalue weighted by Gasteiger charge is 2.31. The standard InChI is InChI=1S/C42H55N9O7/c1-41(2,3)57-39(55)45-23-26-10-12-28(13-11-26)35(52)47-34(36(53)46-31-14-15-32-33(22-31)49-38(54)48-32)21-27-8-7-9-29(20-27)30-24-43-37(44-25-30)50-16-18-51(19-17-50)40(56)58-42(4,5)6/h7-9,14-15,20,22,24-26,28,34H,10-13,16-19,21,23H2,1-6H3,(H,45,55)(H,46,53)(H,47,52)(H2,48,49,54)/t26-,28-,34-/m0/s1. The van der Waals surface area contributed by atoms with E-state index >= 15 is 0 Å². The lowest BCUT2D eigenvalue weighted by Gasteiger charge is -2.35. The smallest absolute Gasteiger partial charge is 0.410 e. The molecule has 6 rings (SSSR count). The molecule has 1 aliphatic heterocycles. The molecule has 3 heterocycles. The Morgan fingerprint density at radius 3 is 2.17 bits per heavy atom. The number of amides is 4. The van der Waals surface area contributed by atoms with Gasteiger partial charge in [0, 0.05) is 68.7 Å². The maximum Gasteiger partial charge on any atom is 0.410 e. The second kappa shape index (κ2) is 17.7. The first-order valence-electron chi connectivity index (χ1n) is 19.9. The third-order valence-electron chi connectivity index (χ3n) is 10.1. The molecule has 2 fully saturated rings. The Bertz CT molecular complexity index is 2140. The van der Waals surface area contributed by atoms with Crippen LogP contribution in [0, 0.1) is 11.8 Å². The average molecular weight is 798 g/mol. The van der Waals surface area contributed by atoms with Crippen LogP contribution in [0.2, 0.25) is 0 Å². The SMILES string of the molecule is CC(C)(C)OC(=O)NC[C@H]1CC[C@H](C(=O)N[C@@H](Cc2cccc(-c3cnc(N4CCN(C(=O)OC(C)(C)C)CC4)nc3)c2)C(=O)Nc2ccc3[nH]c(=O)[nH]c3c2)CC1. The lowest BCUT2D eigenvalue weighted by atomic mass is 9.81. The van der Waals surface area contributed by atoms with Crippen LogP contribution < -0.4 is 26.5 Å². The Morgan fingerprint density at radius 2 is 1.50 bits per heavy atom. The molecule has 0 bridgehead atoms. The number of hydrogen-bond donors (Lipinski definition) is 5. The van der Waals surface area contributed by atoms with E-state index in [1.54, 1.807) is 35.5 Å². The maximum atomic E-state index is 13.9. The van der Waals surface area contributed by atoms with E-state index in [1.807, 2.05) is 70.7 Å². The summed E-state index contributed by atoms with van der Waals surface area (Å²) in [5.74, 6) is -0.0856. The van der Waals surface area contributed by atoms with Crippen LogP contribution in [0.15, 0.2) is 59.7 Å². The summed E-state index contributed by atoms with van der Waals surface area (Å²) in [6.07, 6.45) is 5.71. The molecule has 0 radical (unpaired) electrons. The van der Waals surface area contributed by atoms with Gasteiger partial charge in [0.25, 0.3) is 0 Å². The molecule has 2 aliphatic rings. The molecular weight excluding hydrogens is 743 g/mol. The largest absolute Gasteiger partial charge is 0.444 e. The Kier molecular flexibility index (Phi) is 12.7. The van der Waals surface area contributed by atoms with Crippen molar-refractivity contribution in [3.05, 3.63) is 70.9 Å². The number of hydrogen-bond acceptors (Lipinski definition) is 10. The molecule has 4 amide bonds. The zero-order valence-corrected chi connectivity index (χ0v) is 34.1. The van der Waals surface area contributed by atoms with Gasteiger partial charge in [-0.3, -0.25) is 9.59 Å². The number of piperazine rings is 1. The van der Waals surface area contributed by atoms with Gasteiger partial charge in [-0.2, -0.15) is 0 Å². The maximum absolute atomic E-state index is 13.9. The lowest BCUT2D eigenvalue weighted by molar-refractivity contribution is -0.130. The number of carbonyl (C=O) groups is 4. The molecule has 1 aliphatic carbocycles. The van der Waals surface area contributed by atoms with Crippen molar-refractivity contribution < 1.29 is 28.7 Å². The van der Waals surface area contributed by atoms with Crippen LogP contribution in [0.4, 0.5) is 21.2 Å². The third kappa shape index (κ3) is 11.6. The molecule has 1 saturated carbocycles. The number of H-pyrrole nitrogens is 2. The number of imidazole rings is 1. The molecule has 5 N–H and O–H groups in total. The van der Waals surface area contributed by atoms with Gasteiger partial charge in [0.05, 0.1) is 11.0 Å². The highest BCUT2D eigenvalue weighted by molar-refractivity contribution is 5.98. The molecule has 310 valence electrons. The molecule has 2 aromatic heterocycles. The van der Waals surface area contributed by atoms with Crippen molar-refractivity contribution in [3.63, 3.8) is 0 Å². The van der Waals surface area contributed by atoms with Crippen LogP contribution in [0.3, 0.4) is 0 Å². The summed E-state index contributed by atoms with van der Waals surface area (Å²) in [6, 6.07) is 11.9. The molecule has 16 nitrogen and oxygen atoms in total. The minimum Gasteiger partial charge on any atom is -0.444 e. The summed E-state index contributed by atoms with van der Waals surface area (Å²) in [4.78, 5) is 82.6. The fourth-order valence-corrected chi connectivity index (χ4v) is 7.17. The predicted molar refractivity (Wildman–Crippen MR) is 220 cm³/mol. The van der Waals surface area contributed by atoms with Crippen LogP contribution in [0.25, 0.3) is 22.2 Å². The molecule has 1 atom stereocenters. The van der Waals surface area contributed by atoms with Gasteiger partial charge in [-0.15, -0.1) is 0 Å². The zero-order chi connectivity index (χ0) is 41.6. The summed E-state index contributed by atoms with van der Waals surface area (Å²) in [7, 11) is 0. The first kappa shape index (κ1) is 41.7. The predicted octanol–water partition coefficient (Wildman–Crippen LogP) is 5.37. The van der Waals surface area contributed by atoms with Gasteiger partial charge in [-0.05, 0) is 102 Å². The first-order chi connectivity index (χ1) is 27.5. The van der Waals surface area contributed by atoms with Crippen LogP contribution in [-0.2, 0) is 25.5 Å². The molecule has 2 aromatic carbocycles. The van der Waals surface area contributed by atoms with Gasteiger partial charge in [-0.25, -0.2) is 24.4 Å². The molecule has 4 aromatic rings. The second-order valence-electron chi connectivity index (χ2n) is 17.1. The number of aromatic amines is 2. The quantitative estimate of drug-likeness (QED) is 0.139. The molecule has 16 heteroatoms. The molecule has 0 unspecified atom stereocenters. The van der Waals surface area contributed by atoms with E-state index in [0.29, 0.717) is 68.2 Å². The molecule has 0 spiro atoms. The van der Waals surface area contributed by atoms with E-state index in [9.17, 15) is 24.0 Å². The second-order valence-corrected chi connectivity index (χ2v) is 17.1. The van der Waals surface area contributed by atoms with E-state index < -0.39 is 29.2 Å². The summed E-state index contributed by atoms with van der Waals surface area (Å²) in [6.45, 7) is 13.6. The highest BCUT2D eigenvalue weighted by atomic mass is 16.6. The van der Waals surface area contributed by atoms with Crippen LogP contribution in [0.1, 0.15) is 72.8 Å². The normalized spacial score (nSPS) is 18.0. The Balaban J connectivity index is 1.10. The van der Waals surface area contributed by atoms with Gasteiger partial charge in [0.15, 0.2) is 0 Å². The minimum atomic E-state index is -0.909. The third-order valence-corrected chi connectivity index (χ3v) is 10.1. The van der Waals surface area contributed by atoms with Crippen LogP contribution >= 0.6 is 0 Å². The van der Waals surface area contributed by atoms with Crippen molar-refractivity contribution in [1.29, 1.82) is 0 Å². The van der Waals surface area contributed by atoms with Crippen molar-refractivity contribution >= 4 is 46.7 Å². The molecular formula is C42H55N9O7. The van der Waals surface area contributed by atoms with Crippen molar-refractivity contribution in [1.82, 2.24) is 35.5 Å². The topological polar surface area (TPSA) is 204 Å². The van der Waals surface area contributed by atoms with E-state index in [2.05, 4.69) is 35.9 Å². The molecule has 1 saturated heterocycles. The number of benzene rings is 2. The van der Waals surface area contributed by atoms with Crippen LogP contribution in [0.5, 0.6) is 0 Å². The Morgan fingerprint density at radius 1 is 0.828 bits per heavy atom. The van der Waals surface area contributed by atoms with E-state index in [1.165, 1.54) is 0 Å². The number of aromatic nitrogens is 4. The minimum absolute atomic E-state index is 0.198. The number of carbonyl (C=O) groups excluding carboxylic acids is 4. The van der Waals surface area contributed by atoms with E-state index in [0.717, 1.165) is 29.5 Å². The van der Waals surface area contributed by atoms with E-state index in [-0.39, 0.29) is 35.9 Å². The van der Waals surface area contributed by atoms with Crippen molar-refractivity contribution in [3.8, 4) is 11.1 Å². The van der Waals surface area contributed by atoms with Crippen molar-refractivity contribution in [2.24, 2.45) is 11.8 Å². The molecule has 58 heavy (non-hydrogen) atoms. The number of alkyl carbamates (subject to hydrolysis) is 1. The van der Waals surface area contributed by atoms with Gasteiger partial charge in [-0.1, -0.05) is 24.3 Å². The number of anilines is 2. The number of rotatable bonds is 10. The summed E-state index contributed by atoms with van der Waals surface area (Å²) >= 11 is 0. The number of nitrogens with zero attached hydrogens (tertiary/aromatic N) is 4. The summed E-state index contributed by atoms with van der Waals surface area (Å²) < 4.78 is 10.9. The fourth-order valence-electron chi connectivity index (χ4n) is 7.17. The monoisotopic (exact) mass is 797 g/mol. The van der Waals surface area contributed by atoms with Gasteiger partial charge >= 0.3 is 17.9 Å². The van der Waals surface area contributed by atoms with Gasteiger partial charge in [0.2, 0.25) is 17.8 Å². The zero-order valence-electron chi connectivity index (χ0n) is 34.1. The van der Waals surface area contributed by atoms with Crippen molar-refractivity contribution in [2.45, 2.75) is 90.9 Å². The van der Waals surface area contributed by atoms with Crippen molar-refractivity contribution in [2.75, 3.05) is 42.9 Å². The van der Waals surface area contributed by atoms with Gasteiger partial charge < -0.3 is 45.2 Å². The van der Waals surface area contributed by atoms with E-state index in [4.69, 9.17) is 9.47 Å². The Hall–Kier alpha value is -5.93. The summed E-state index contributed by atoms with van der Waals surface area (Å²) in [5.41, 5.74) is 2.60. The first-order valence-corrected chi connectivity index (χ1v) is 19.9. The number of fused-ring (bicyclic) bond motifs is 1. The Labute approximate surface area is 337 Å². The fraction of sp³-hybridized carbons (Fsp3) is 0.500. The van der Waals surface area contributed by atoms with Gasteiger partial charge in [0.1, 0.15) is 17.2 Å².